The summed E-state index contributed by atoms with van der Waals surface area (Å²) in [6.45, 7) is 6.62. The first-order valence-electron chi connectivity index (χ1n) is 7.16. The monoisotopic (exact) mass is 307 g/mol. The highest BCUT2D eigenvalue weighted by atomic mass is 35.5. The summed E-state index contributed by atoms with van der Waals surface area (Å²) in [5.41, 5.74) is 1.43. The normalized spacial score (nSPS) is 12.8. The van der Waals surface area contributed by atoms with Gasteiger partial charge in [0.25, 0.3) is 0 Å². The van der Waals surface area contributed by atoms with E-state index in [-0.39, 0.29) is 0 Å². The summed E-state index contributed by atoms with van der Waals surface area (Å²) >= 11 is 7.62. The van der Waals surface area contributed by atoms with Crippen molar-refractivity contribution in [2.45, 2.75) is 26.2 Å². The number of hydrogen-bond acceptors (Lipinski definition) is 2. The van der Waals surface area contributed by atoms with Crippen LogP contribution >= 0.6 is 22.9 Å². The Morgan fingerprint density at radius 1 is 1.10 bits per heavy atom. The maximum absolute atomic E-state index is 5.94. The van der Waals surface area contributed by atoms with Crippen LogP contribution in [-0.4, -0.2) is 13.1 Å². The summed E-state index contributed by atoms with van der Waals surface area (Å²) in [5.74, 6) is 1.21. The number of rotatable bonds is 7. The zero-order chi connectivity index (χ0) is 14.4. The molecule has 108 valence electrons. The molecule has 0 amide bonds. The fourth-order valence-corrected chi connectivity index (χ4v) is 3.48. The first-order chi connectivity index (χ1) is 9.66. The van der Waals surface area contributed by atoms with E-state index in [2.05, 4.69) is 55.6 Å². The molecule has 0 aliphatic rings. The highest BCUT2D eigenvalue weighted by Gasteiger charge is 2.14. The zero-order valence-electron chi connectivity index (χ0n) is 12.1. The Labute approximate surface area is 131 Å². The minimum absolute atomic E-state index is 0.572. The van der Waals surface area contributed by atoms with Gasteiger partial charge in [0.05, 0.1) is 4.34 Å². The van der Waals surface area contributed by atoms with E-state index in [1.54, 1.807) is 11.3 Å². The Hall–Kier alpha value is -0.830. The third kappa shape index (κ3) is 4.62. The van der Waals surface area contributed by atoms with Gasteiger partial charge in [0, 0.05) is 11.4 Å². The van der Waals surface area contributed by atoms with Crippen LogP contribution in [-0.2, 0) is 6.42 Å². The first-order valence-corrected chi connectivity index (χ1v) is 8.36. The molecule has 3 heteroatoms. The Kier molecular flexibility index (Phi) is 6.08. The van der Waals surface area contributed by atoms with Crippen LogP contribution in [0, 0.1) is 5.92 Å². The van der Waals surface area contributed by atoms with Crippen molar-refractivity contribution in [2.75, 3.05) is 13.1 Å². The van der Waals surface area contributed by atoms with E-state index in [1.165, 1.54) is 10.4 Å². The van der Waals surface area contributed by atoms with Gasteiger partial charge in [-0.15, -0.1) is 11.3 Å². The Morgan fingerprint density at radius 3 is 2.45 bits per heavy atom. The van der Waals surface area contributed by atoms with Crippen LogP contribution in [0.15, 0.2) is 42.5 Å². The second-order valence-corrected chi connectivity index (χ2v) is 7.22. The van der Waals surface area contributed by atoms with Crippen LogP contribution in [0.4, 0.5) is 0 Å². The Balaban J connectivity index is 1.81. The minimum Gasteiger partial charge on any atom is -0.316 e. The van der Waals surface area contributed by atoms with Gasteiger partial charge in [0.1, 0.15) is 0 Å². The Morgan fingerprint density at radius 2 is 1.85 bits per heavy atom. The summed E-state index contributed by atoms with van der Waals surface area (Å²) in [6, 6.07) is 14.9. The summed E-state index contributed by atoms with van der Waals surface area (Å²) in [6.07, 6.45) is 1.05. The number of thiophene rings is 1. The van der Waals surface area contributed by atoms with Gasteiger partial charge in [0.2, 0.25) is 0 Å². The lowest BCUT2D eigenvalue weighted by molar-refractivity contribution is 0.463. The van der Waals surface area contributed by atoms with Gasteiger partial charge in [-0.05, 0) is 42.5 Å². The molecule has 0 radical (unpaired) electrons. The molecule has 1 atom stereocenters. The zero-order valence-corrected chi connectivity index (χ0v) is 13.7. The van der Waals surface area contributed by atoms with Gasteiger partial charge >= 0.3 is 0 Å². The maximum atomic E-state index is 5.94. The lowest BCUT2D eigenvalue weighted by Crippen LogP contribution is -2.26. The van der Waals surface area contributed by atoms with Gasteiger partial charge < -0.3 is 5.32 Å². The second-order valence-electron chi connectivity index (χ2n) is 5.42. The summed E-state index contributed by atoms with van der Waals surface area (Å²) in [5, 5.41) is 3.59. The maximum Gasteiger partial charge on any atom is 0.0931 e. The van der Waals surface area contributed by atoms with E-state index in [0.29, 0.717) is 11.8 Å². The molecule has 0 fully saturated rings. The predicted octanol–water partition coefficient (Wildman–Crippen LogP) is 4.97. The van der Waals surface area contributed by atoms with Crippen LogP contribution in [0.2, 0.25) is 4.34 Å². The molecular weight excluding hydrogens is 286 g/mol. The standard InChI is InChI=1S/C17H22ClNS/c1-13(2)16(14-6-4-3-5-7-14)12-19-11-10-15-8-9-17(18)20-15/h3-9,13,16,19H,10-12H2,1-2H3. The molecular formula is C17H22ClNS. The fourth-order valence-electron chi connectivity index (χ4n) is 2.39. The molecule has 1 aromatic carbocycles. The molecule has 1 aromatic heterocycles. The van der Waals surface area contributed by atoms with E-state index < -0.39 is 0 Å². The van der Waals surface area contributed by atoms with E-state index in [4.69, 9.17) is 11.6 Å². The number of halogens is 1. The average Bonchev–Trinajstić information content (AvgIpc) is 2.85. The SMILES string of the molecule is CC(C)C(CNCCc1ccc(Cl)s1)c1ccccc1. The molecule has 1 heterocycles. The van der Waals surface area contributed by atoms with Crippen LogP contribution in [0.1, 0.15) is 30.2 Å². The van der Waals surface area contributed by atoms with Crippen molar-refractivity contribution in [2.24, 2.45) is 5.92 Å². The van der Waals surface area contributed by atoms with Crippen LogP contribution in [0.5, 0.6) is 0 Å². The van der Waals surface area contributed by atoms with E-state index >= 15 is 0 Å². The number of nitrogens with one attached hydrogen (secondary N) is 1. The molecule has 20 heavy (non-hydrogen) atoms. The molecule has 0 bridgehead atoms. The average molecular weight is 308 g/mol. The molecule has 1 nitrogen and oxygen atoms in total. The van der Waals surface area contributed by atoms with E-state index in [9.17, 15) is 0 Å². The van der Waals surface area contributed by atoms with Crippen molar-refractivity contribution >= 4 is 22.9 Å². The topological polar surface area (TPSA) is 12.0 Å². The van der Waals surface area contributed by atoms with Gasteiger partial charge in [-0.3, -0.25) is 0 Å². The van der Waals surface area contributed by atoms with E-state index in [1.807, 2.05) is 6.07 Å². The number of hydrogen-bond donors (Lipinski definition) is 1. The molecule has 2 aromatic rings. The molecule has 0 spiro atoms. The lowest BCUT2D eigenvalue weighted by atomic mass is 9.88. The molecule has 1 unspecified atom stereocenters. The predicted molar refractivity (Wildman–Crippen MR) is 89.9 cm³/mol. The van der Waals surface area contributed by atoms with Crippen molar-refractivity contribution in [3.63, 3.8) is 0 Å². The van der Waals surface area contributed by atoms with Crippen molar-refractivity contribution in [1.29, 1.82) is 0 Å². The van der Waals surface area contributed by atoms with Gasteiger partial charge in [-0.2, -0.15) is 0 Å². The first kappa shape index (κ1) is 15.6. The highest BCUT2D eigenvalue weighted by Crippen LogP contribution is 2.24. The van der Waals surface area contributed by atoms with Crippen LogP contribution in [0.3, 0.4) is 0 Å². The molecule has 1 N–H and O–H groups in total. The quantitative estimate of drug-likeness (QED) is 0.712. The third-order valence-electron chi connectivity index (χ3n) is 3.57. The minimum atomic E-state index is 0.572. The van der Waals surface area contributed by atoms with Gasteiger partial charge in [0.15, 0.2) is 0 Å². The molecule has 0 saturated heterocycles. The smallest absolute Gasteiger partial charge is 0.0931 e. The lowest BCUT2D eigenvalue weighted by Gasteiger charge is -2.22. The van der Waals surface area contributed by atoms with Crippen molar-refractivity contribution in [3.05, 3.63) is 57.2 Å². The van der Waals surface area contributed by atoms with Crippen molar-refractivity contribution in [1.82, 2.24) is 5.32 Å². The second kappa shape index (κ2) is 7.82. The van der Waals surface area contributed by atoms with Gasteiger partial charge in [-0.1, -0.05) is 55.8 Å². The molecule has 0 saturated carbocycles. The van der Waals surface area contributed by atoms with Crippen LogP contribution < -0.4 is 5.32 Å². The van der Waals surface area contributed by atoms with Gasteiger partial charge in [-0.25, -0.2) is 0 Å². The van der Waals surface area contributed by atoms with Crippen molar-refractivity contribution in [3.8, 4) is 0 Å². The van der Waals surface area contributed by atoms with Crippen molar-refractivity contribution < 1.29 is 0 Å². The summed E-state index contributed by atoms with van der Waals surface area (Å²) in [4.78, 5) is 1.35. The fraction of sp³-hybridized carbons (Fsp3) is 0.412. The third-order valence-corrected chi connectivity index (χ3v) is 4.86. The molecule has 0 aliphatic carbocycles. The summed E-state index contributed by atoms with van der Waals surface area (Å²) < 4.78 is 0.879. The largest absolute Gasteiger partial charge is 0.316 e. The highest BCUT2D eigenvalue weighted by molar-refractivity contribution is 7.16. The van der Waals surface area contributed by atoms with E-state index in [0.717, 1.165) is 23.8 Å². The molecule has 0 aliphatic heterocycles. The Bertz CT molecular complexity index is 507. The summed E-state index contributed by atoms with van der Waals surface area (Å²) in [7, 11) is 0. The number of benzene rings is 1. The molecule has 2 rings (SSSR count). The van der Waals surface area contributed by atoms with Crippen LogP contribution in [0.25, 0.3) is 0 Å².